The molecule has 2 aromatic carbocycles. The summed E-state index contributed by atoms with van der Waals surface area (Å²) >= 11 is 0. The zero-order chi connectivity index (χ0) is 18.4. The van der Waals surface area contributed by atoms with Crippen LogP contribution >= 0.6 is 0 Å². The van der Waals surface area contributed by atoms with E-state index < -0.39 is 0 Å². The lowest BCUT2D eigenvalue weighted by atomic mass is 9.82. The summed E-state index contributed by atoms with van der Waals surface area (Å²) in [6.45, 7) is 0.398. The molecule has 2 bridgehead atoms. The standard InChI is InChI=1S/C23H26N2O2/c24-15-12-16-6-5-7-17(13-15)25(16)23(26)27-14-22-20-10-3-1-8-18(20)19-9-2-4-11-21(19)22/h1-4,8-11,15-17,22H,5-7,12-14,24H2. The molecule has 27 heavy (non-hydrogen) atoms. The molecule has 1 aliphatic carbocycles. The Bertz CT molecular complexity index is 805. The van der Waals surface area contributed by atoms with E-state index in [9.17, 15) is 4.79 Å². The van der Waals surface area contributed by atoms with Crippen molar-refractivity contribution in [3.63, 3.8) is 0 Å². The van der Waals surface area contributed by atoms with Crippen LogP contribution in [0.2, 0.25) is 0 Å². The monoisotopic (exact) mass is 362 g/mol. The minimum atomic E-state index is -0.154. The Balaban J connectivity index is 1.35. The van der Waals surface area contributed by atoms with Crippen LogP contribution in [0, 0.1) is 0 Å². The maximum atomic E-state index is 13.0. The molecule has 2 N–H and O–H groups in total. The largest absolute Gasteiger partial charge is 0.448 e. The van der Waals surface area contributed by atoms with Crippen molar-refractivity contribution >= 4 is 6.09 Å². The third-order valence-electron chi connectivity index (χ3n) is 6.56. The van der Waals surface area contributed by atoms with Crippen molar-refractivity contribution < 1.29 is 9.53 Å². The van der Waals surface area contributed by atoms with Crippen molar-refractivity contribution in [3.05, 3.63) is 59.7 Å². The van der Waals surface area contributed by atoms with Crippen LogP contribution in [0.5, 0.6) is 0 Å². The van der Waals surface area contributed by atoms with Gasteiger partial charge in [0, 0.05) is 24.0 Å². The summed E-state index contributed by atoms with van der Waals surface area (Å²) < 4.78 is 5.90. The van der Waals surface area contributed by atoms with Gasteiger partial charge in [-0.15, -0.1) is 0 Å². The molecular formula is C23H26N2O2. The third kappa shape index (κ3) is 2.83. The number of fused-ring (bicyclic) bond motifs is 5. The maximum Gasteiger partial charge on any atom is 0.410 e. The summed E-state index contributed by atoms with van der Waals surface area (Å²) in [7, 11) is 0. The van der Waals surface area contributed by atoms with Gasteiger partial charge >= 0.3 is 6.09 Å². The van der Waals surface area contributed by atoms with Gasteiger partial charge in [0.1, 0.15) is 6.61 Å². The molecule has 2 heterocycles. The minimum Gasteiger partial charge on any atom is -0.448 e. The van der Waals surface area contributed by atoms with Gasteiger partial charge in [0.05, 0.1) is 0 Å². The molecule has 0 saturated carbocycles. The average Bonchev–Trinajstić information content (AvgIpc) is 2.99. The number of carbonyl (C=O) groups excluding carboxylic acids is 1. The Morgan fingerprint density at radius 2 is 1.52 bits per heavy atom. The van der Waals surface area contributed by atoms with E-state index in [4.69, 9.17) is 10.5 Å². The van der Waals surface area contributed by atoms with Gasteiger partial charge in [-0.3, -0.25) is 0 Å². The Morgan fingerprint density at radius 1 is 0.963 bits per heavy atom. The van der Waals surface area contributed by atoms with Gasteiger partial charge in [-0.2, -0.15) is 0 Å². The number of carbonyl (C=O) groups is 1. The summed E-state index contributed by atoms with van der Waals surface area (Å²) in [5, 5.41) is 0. The number of hydrogen-bond donors (Lipinski definition) is 1. The predicted molar refractivity (Wildman–Crippen MR) is 106 cm³/mol. The van der Waals surface area contributed by atoms with Crippen LogP contribution in [0.15, 0.2) is 48.5 Å². The SMILES string of the molecule is NC1CC2CCCC(C1)N2C(=O)OCC1c2ccccc2-c2ccccc21. The van der Waals surface area contributed by atoms with E-state index in [-0.39, 0.29) is 30.1 Å². The second kappa shape index (κ2) is 6.68. The molecule has 0 aromatic heterocycles. The highest BCUT2D eigenvalue weighted by Crippen LogP contribution is 2.44. The van der Waals surface area contributed by atoms with E-state index >= 15 is 0 Å². The Kier molecular flexibility index (Phi) is 4.16. The normalized spacial score (nSPS) is 26.4. The maximum absolute atomic E-state index is 13.0. The minimum absolute atomic E-state index is 0.119. The van der Waals surface area contributed by atoms with E-state index in [0.717, 1.165) is 25.7 Å². The fourth-order valence-electron chi connectivity index (χ4n) is 5.39. The zero-order valence-electron chi connectivity index (χ0n) is 15.5. The number of nitrogens with zero attached hydrogens (tertiary/aromatic N) is 1. The highest BCUT2D eigenvalue weighted by Gasteiger charge is 2.41. The van der Waals surface area contributed by atoms with E-state index in [2.05, 4.69) is 48.5 Å². The number of nitrogens with two attached hydrogens (primary N) is 1. The molecule has 4 nitrogen and oxygen atoms in total. The molecule has 4 heteroatoms. The molecule has 2 saturated heterocycles. The number of amides is 1. The number of rotatable bonds is 2. The van der Waals surface area contributed by atoms with Crippen molar-refractivity contribution in [2.45, 2.75) is 56.1 Å². The van der Waals surface area contributed by atoms with E-state index in [1.807, 2.05) is 4.90 Å². The van der Waals surface area contributed by atoms with E-state index in [1.54, 1.807) is 0 Å². The summed E-state index contributed by atoms with van der Waals surface area (Å²) in [5.41, 5.74) is 11.2. The lowest BCUT2D eigenvalue weighted by Crippen LogP contribution is -2.57. The van der Waals surface area contributed by atoms with Crippen LogP contribution in [0.4, 0.5) is 4.79 Å². The first-order valence-electron chi connectivity index (χ1n) is 10.1. The van der Waals surface area contributed by atoms with Crippen LogP contribution in [0.3, 0.4) is 0 Å². The molecule has 5 rings (SSSR count). The molecule has 0 spiro atoms. The second-order valence-corrected chi connectivity index (χ2v) is 8.18. The fourth-order valence-corrected chi connectivity index (χ4v) is 5.39. The molecule has 3 aliphatic rings. The topological polar surface area (TPSA) is 55.6 Å². The Hall–Kier alpha value is -2.33. The molecule has 1 amide bonds. The first-order valence-corrected chi connectivity index (χ1v) is 10.1. The summed E-state index contributed by atoms with van der Waals surface area (Å²) in [6.07, 6.45) is 4.94. The summed E-state index contributed by atoms with van der Waals surface area (Å²) in [4.78, 5) is 15.0. The lowest BCUT2D eigenvalue weighted by Gasteiger charge is -2.47. The van der Waals surface area contributed by atoms with Gasteiger partial charge in [0.25, 0.3) is 0 Å². The molecule has 2 aromatic rings. The van der Waals surface area contributed by atoms with Gasteiger partial charge < -0.3 is 15.4 Å². The molecule has 2 aliphatic heterocycles. The third-order valence-corrected chi connectivity index (χ3v) is 6.56. The molecule has 140 valence electrons. The molecule has 2 fully saturated rings. The van der Waals surface area contributed by atoms with Gasteiger partial charge in [0.2, 0.25) is 0 Å². The first kappa shape index (κ1) is 16.8. The summed E-state index contributed by atoms with van der Waals surface area (Å²) in [6, 6.07) is 17.6. The second-order valence-electron chi connectivity index (χ2n) is 8.18. The van der Waals surface area contributed by atoms with Crippen molar-refractivity contribution in [3.8, 4) is 11.1 Å². The number of piperidine rings is 2. The van der Waals surface area contributed by atoms with Gasteiger partial charge in [-0.1, -0.05) is 48.5 Å². The van der Waals surface area contributed by atoms with Crippen LogP contribution in [-0.2, 0) is 4.74 Å². The molecule has 0 radical (unpaired) electrons. The van der Waals surface area contributed by atoms with Crippen molar-refractivity contribution in [2.24, 2.45) is 5.73 Å². The highest BCUT2D eigenvalue weighted by atomic mass is 16.6. The van der Waals surface area contributed by atoms with Crippen molar-refractivity contribution in [1.29, 1.82) is 0 Å². The lowest BCUT2D eigenvalue weighted by molar-refractivity contribution is 0.0168. The van der Waals surface area contributed by atoms with Gasteiger partial charge in [-0.25, -0.2) is 4.79 Å². The van der Waals surface area contributed by atoms with Gasteiger partial charge in [-0.05, 0) is 54.4 Å². The molecular weight excluding hydrogens is 336 g/mol. The van der Waals surface area contributed by atoms with E-state index in [1.165, 1.54) is 28.7 Å². The smallest absolute Gasteiger partial charge is 0.410 e. The van der Waals surface area contributed by atoms with Crippen LogP contribution in [0.1, 0.15) is 49.1 Å². The van der Waals surface area contributed by atoms with Crippen LogP contribution in [-0.4, -0.2) is 35.7 Å². The number of ether oxygens (including phenoxy) is 1. The van der Waals surface area contributed by atoms with E-state index in [0.29, 0.717) is 6.61 Å². The predicted octanol–water partition coefficient (Wildman–Crippen LogP) is 4.28. The Labute approximate surface area is 160 Å². The number of benzene rings is 2. The van der Waals surface area contributed by atoms with Crippen molar-refractivity contribution in [1.82, 2.24) is 4.90 Å². The average molecular weight is 362 g/mol. The quantitative estimate of drug-likeness (QED) is 0.867. The fraction of sp³-hybridized carbons (Fsp3) is 0.435. The summed E-state index contributed by atoms with van der Waals surface area (Å²) in [5.74, 6) is 0.119. The highest BCUT2D eigenvalue weighted by molar-refractivity contribution is 5.79. The van der Waals surface area contributed by atoms with Crippen molar-refractivity contribution in [2.75, 3.05) is 6.61 Å². The number of hydrogen-bond acceptors (Lipinski definition) is 3. The van der Waals surface area contributed by atoms with Crippen LogP contribution < -0.4 is 5.73 Å². The van der Waals surface area contributed by atoms with Crippen LogP contribution in [0.25, 0.3) is 11.1 Å². The molecule has 2 atom stereocenters. The Morgan fingerprint density at radius 3 is 2.11 bits per heavy atom. The van der Waals surface area contributed by atoms with Gasteiger partial charge in [0.15, 0.2) is 0 Å². The molecule has 2 unspecified atom stereocenters. The zero-order valence-corrected chi connectivity index (χ0v) is 15.5. The first-order chi connectivity index (χ1) is 13.2.